The highest BCUT2D eigenvalue weighted by Gasteiger charge is 2.16. The fourth-order valence-corrected chi connectivity index (χ4v) is 1.83. The van der Waals surface area contributed by atoms with E-state index in [4.69, 9.17) is 16.3 Å². The second-order valence-corrected chi connectivity index (χ2v) is 4.46. The van der Waals surface area contributed by atoms with E-state index in [0.29, 0.717) is 11.5 Å². The van der Waals surface area contributed by atoms with Crippen molar-refractivity contribution in [1.82, 2.24) is 9.66 Å². The lowest BCUT2D eigenvalue weighted by atomic mass is 10.1. The van der Waals surface area contributed by atoms with Gasteiger partial charge in [0.05, 0.1) is 7.11 Å². The molecule has 0 bridgehead atoms. The summed E-state index contributed by atoms with van der Waals surface area (Å²) >= 11 is 0. The Morgan fingerprint density at radius 2 is 1.83 bits per heavy atom. The van der Waals surface area contributed by atoms with Crippen molar-refractivity contribution in [3.05, 3.63) is 30.1 Å². The number of ether oxygens (including phenoxy) is 1. The van der Waals surface area contributed by atoms with Gasteiger partial charge in [-0.05, 0) is 24.3 Å². The van der Waals surface area contributed by atoms with Crippen molar-refractivity contribution in [2.45, 2.75) is 19.8 Å². The van der Waals surface area contributed by atoms with Crippen LogP contribution in [0.25, 0.3) is 11.3 Å². The lowest BCUT2D eigenvalue weighted by Gasteiger charge is -2.04. The summed E-state index contributed by atoms with van der Waals surface area (Å²) in [6, 6.07) is 7.59. The average Bonchev–Trinajstić information content (AvgIpc) is 2.67. The fraction of sp³-hybridized carbons (Fsp3) is 0.308. The molecule has 2 rings (SSSR count). The minimum absolute atomic E-state index is 0.226. The van der Waals surface area contributed by atoms with E-state index in [1.807, 2.05) is 38.1 Å². The maximum Gasteiger partial charge on any atom is 0.150 e. The van der Waals surface area contributed by atoms with E-state index in [2.05, 4.69) is 4.98 Å². The SMILES string of the molecule is COc1ccc(-c2nc(C(C)C)n(N)c2N)cc1. The molecule has 96 valence electrons. The quantitative estimate of drug-likeness (QED) is 0.812. The van der Waals surface area contributed by atoms with Crippen molar-refractivity contribution in [1.29, 1.82) is 0 Å². The molecule has 4 N–H and O–H groups in total. The maximum absolute atomic E-state index is 5.99. The van der Waals surface area contributed by atoms with E-state index in [9.17, 15) is 0 Å². The first kappa shape index (κ1) is 12.3. The number of nitrogens with zero attached hydrogens (tertiary/aromatic N) is 2. The van der Waals surface area contributed by atoms with Gasteiger partial charge < -0.3 is 16.3 Å². The predicted molar refractivity (Wildman–Crippen MR) is 72.9 cm³/mol. The van der Waals surface area contributed by atoms with Crippen LogP contribution in [-0.2, 0) is 0 Å². The van der Waals surface area contributed by atoms with Crippen molar-refractivity contribution < 1.29 is 4.74 Å². The summed E-state index contributed by atoms with van der Waals surface area (Å²) in [4.78, 5) is 4.51. The lowest BCUT2D eigenvalue weighted by Crippen LogP contribution is -2.16. The van der Waals surface area contributed by atoms with E-state index in [1.54, 1.807) is 7.11 Å². The molecule has 18 heavy (non-hydrogen) atoms. The number of benzene rings is 1. The van der Waals surface area contributed by atoms with Crippen LogP contribution in [-0.4, -0.2) is 16.8 Å². The Bertz CT molecular complexity index is 543. The largest absolute Gasteiger partial charge is 0.497 e. The van der Waals surface area contributed by atoms with Crippen molar-refractivity contribution >= 4 is 5.82 Å². The Hall–Kier alpha value is -2.17. The van der Waals surface area contributed by atoms with Crippen LogP contribution in [0.1, 0.15) is 25.6 Å². The second kappa shape index (κ2) is 4.60. The highest BCUT2D eigenvalue weighted by atomic mass is 16.5. The third-order valence-corrected chi connectivity index (χ3v) is 2.86. The Morgan fingerprint density at radius 3 is 2.28 bits per heavy atom. The molecule has 0 radical (unpaired) electrons. The molecular formula is C13H18N4O. The van der Waals surface area contributed by atoms with Crippen LogP contribution in [0.15, 0.2) is 24.3 Å². The number of nitrogen functional groups attached to an aromatic ring is 2. The first-order valence-corrected chi connectivity index (χ1v) is 5.82. The van der Waals surface area contributed by atoms with Crippen molar-refractivity contribution in [3.8, 4) is 17.0 Å². The summed E-state index contributed by atoms with van der Waals surface area (Å²) in [5.41, 5.74) is 7.63. The molecule has 0 saturated carbocycles. The topological polar surface area (TPSA) is 79.1 Å². The molecule has 0 fully saturated rings. The fourth-order valence-electron chi connectivity index (χ4n) is 1.83. The van der Waals surface area contributed by atoms with Gasteiger partial charge in [-0.3, -0.25) is 0 Å². The highest BCUT2D eigenvalue weighted by Crippen LogP contribution is 2.28. The Balaban J connectivity index is 2.47. The molecule has 0 aliphatic heterocycles. The van der Waals surface area contributed by atoms with Gasteiger partial charge in [-0.2, -0.15) is 0 Å². The number of aromatic nitrogens is 2. The first-order valence-electron chi connectivity index (χ1n) is 5.82. The molecule has 1 aromatic carbocycles. The van der Waals surface area contributed by atoms with Crippen LogP contribution in [0.2, 0.25) is 0 Å². The average molecular weight is 246 g/mol. The van der Waals surface area contributed by atoms with Crippen molar-refractivity contribution in [2.24, 2.45) is 0 Å². The Kier molecular flexibility index (Phi) is 3.14. The minimum Gasteiger partial charge on any atom is -0.497 e. The second-order valence-electron chi connectivity index (χ2n) is 4.46. The van der Waals surface area contributed by atoms with E-state index in [0.717, 1.165) is 17.1 Å². The van der Waals surface area contributed by atoms with E-state index in [1.165, 1.54) is 4.68 Å². The molecule has 5 nitrogen and oxygen atoms in total. The smallest absolute Gasteiger partial charge is 0.150 e. The first-order chi connectivity index (χ1) is 8.54. The number of hydrogen-bond donors (Lipinski definition) is 2. The summed E-state index contributed by atoms with van der Waals surface area (Å²) in [5, 5.41) is 0. The number of imidazole rings is 1. The van der Waals surface area contributed by atoms with Gasteiger partial charge in [-0.25, -0.2) is 9.66 Å². The van der Waals surface area contributed by atoms with E-state index < -0.39 is 0 Å². The molecule has 0 amide bonds. The molecule has 2 aromatic rings. The predicted octanol–water partition coefficient (Wildman–Crippen LogP) is 1.98. The molecule has 0 aliphatic carbocycles. The number of rotatable bonds is 3. The van der Waals surface area contributed by atoms with Crippen LogP contribution < -0.4 is 16.3 Å². The van der Waals surface area contributed by atoms with E-state index >= 15 is 0 Å². The molecule has 0 atom stereocenters. The zero-order chi connectivity index (χ0) is 13.3. The molecule has 5 heteroatoms. The van der Waals surface area contributed by atoms with Gasteiger partial charge in [-0.1, -0.05) is 13.8 Å². The summed E-state index contributed by atoms with van der Waals surface area (Å²) in [7, 11) is 1.63. The number of nitrogens with two attached hydrogens (primary N) is 2. The van der Waals surface area contributed by atoms with Crippen molar-refractivity contribution in [3.63, 3.8) is 0 Å². The summed E-state index contributed by atoms with van der Waals surface area (Å²) in [6.07, 6.45) is 0. The third kappa shape index (κ3) is 1.99. The van der Waals surface area contributed by atoms with Crippen LogP contribution in [0, 0.1) is 0 Å². The molecule has 0 aliphatic rings. The summed E-state index contributed by atoms with van der Waals surface area (Å²) in [5.74, 6) is 8.18. The van der Waals surface area contributed by atoms with Gasteiger partial charge in [0, 0.05) is 11.5 Å². The molecule has 1 aromatic heterocycles. The van der Waals surface area contributed by atoms with Gasteiger partial charge in [0.2, 0.25) is 0 Å². The standard InChI is InChI=1S/C13H18N4O/c1-8(2)13-16-11(12(14)17(13)15)9-4-6-10(18-3)7-5-9/h4-8H,14-15H2,1-3H3. The Morgan fingerprint density at radius 1 is 1.22 bits per heavy atom. The van der Waals surface area contributed by atoms with Gasteiger partial charge in [0.25, 0.3) is 0 Å². The Labute approximate surface area is 106 Å². The molecule has 0 unspecified atom stereocenters. The monoisotopic (exact) mass is 246 g/mol. The molecule has 0 spiro atoms. The summed E-state index contributed by atoms with van der Waals surface area (Å²) in [6.45, 7) is 4.06. The van der Waals surface area contributed by atoms with E-state index in [-0.39, 0.29) is 5.92 Å². The molecule has 0 saturated heterocycles. The molecule has 1 heterocycles. The van der Waals surface area contributed by atoms with Gasteiger partial charge in [0.15, 0.2) is 5.82 Å². The molecular weight excluding hydrogens is 228 g/mol. The number of methoxy groups -OCH3 is 1. The number of anilines is 1. The van der Waals surface area contributed by atoms with Crippen LogP contribution >= 0.6 is 0 Å². The van der Waals surface area contributed by atoms with Crippen molar-refractivity contribution in [2.75, 3.05) is 18.7 Å². The minimum atomic E-state index is 0.226. The lowest BCUT2D eigenvalue weighted by molar-refractivity contribution is 0.415. The third-order valence-electron chi connectivity index (χ3n) is 2.86. The van der Waals surface area contributed by atoms with Gasteiger partial charge in [0.1, 0.15) is 17.3 Å². The van der Waals surface area contributed by atoms with Gasteiger partial charge in [-0.15, -0.1) is 0 Å². The number of hydrogen-bond acceptors (Lipinski definition) is 4. The highest BCUT2D eigenvalue weighted by molar-refractivity contribution is 5.71. The van der Waals surface area contributed by atoms with Gasteiger partial charge >= 0.3 is 0 Å². The normalized spacial score (nSPS) is 10.9. The summed E-state index contributed by atoms with van der Waals surface area (Å²) < 4.78 is 6.57. The zero-order valence-corrected chi connectivity index (χ0v) is 10.8. The maximum atomic E-state index is 5.99. The van der Waals surface area contributed by atoms with Crippen LogP contribution in [0.5, 0.6) is 5.75 Å². The van der Waals surface area contributed by atoms with Crippen LogP contribution in [0.4, 0.5) is 5.82 Å². The van der Waals surface area contributed by atoms with Crippen LogP contribution in [0.3, 0.4) is 0 Å². The zero-order valence-electron chi connectivity index (χ0n) is 10.8.